The predicted molar refractivity (Wildman–Crippen MR) is 170 cm³/mol. The number of carbonyl (C=O) groups excluding carboxylic acids is 1. The fourth-order valence-electron chi connectivity index (χ4n) is 4.01. The van der Waals surface area contributed by atoms with Gasteiger partial charge in [-0.15, -0.1) is 11.8 Å². The normalized spacial score (nSPS) is 13.3. The van der Waals surface area contributed by atoms with Gasteiger partial charge in [0.15, 0.2) is 0 Å². The van der Waals surface area contributed by atoms with Crippen molar-refractivity contribution in [3.63, 3.8) is 0 Å². The van der Waals surface area contributed by atoms with Gasteiger partial charge in [0.1, 0.15) is 36.9 Å². The Hall–Kier alpha value is -2.90. The third-order valence-corrected chi connectivity index (χ3v) is 7.52. The van der Waals surface area contributed by atoms with E-state index in [1.807, 2.05) is 39.0 Å². The lowest BCUT2D eigenvalue weighted by Crippen LogP contribution is -2.27. The molecular formula is C31H41N3O7S2. The maximum absolute atomic E-state index is 11.6. The SMILES string of the molecule is CC(C)(C)OC(=O)COCCOCCOCCOc1cc2nccc(NC3=Cc4ncsc4OC3)c2cc1SC(C)(C)C. The molecule has 0 unspecified atom stereocenters. The summed E-state index contributed by atoms with van der Waals surface area (Å²) in [5, 5.41) is 5.35. The highest BCUT2D eigenvalue weighted by atomic mass is 32.2. The molecule has 43 heavy (non-hydrogen) atoms. The number of thioether (sulfide) groups is 1. The first kappa shape index (κ1) is 33.0. The molecule has 0 atom stereocenters. The average Bonchev–Trinajstić information content (AvgIpc) is 3.38. The first-order chi connectivity index (χ1) is 20.5. The summed E-state index contributed by atoms with van der Waals surface area (Å²) in [7, 11) is 0. The smallest absolute Gasteiger partial charge is 0.332 e. The number of anilines is 1. The van der Waals surface area contributed by atoms with Crippen LogP contribution in [0.1, 0.15) is 47.2 Å². The number of hydrogen-bond acceptors (Lipinski definition) is 12. The van der Waals surface area contributed by atoms with E-state index in [0.29, 0.717) is 46.2 Å². The Balaban J connectivity index is 1.26. The summed E-state index contributed by atoms with van der Waals surface area (Å²) >= 11 is 3.24. The molecule has 2 aromatic heterocycles. The molecule has 10 nitrogen and oxygen atoms in total. The molecule has 4 rings (SSSR count). The maximum atomic E-state index is 11.6. The Morgan fingerprint density at radius 3 is 2.44 bits per heavy atom. The molecule has 1 N–H and O–H groups in total. The number of hydrogen-bond donors (Lipinski definition) is 1. The largest absolute Gasteiger partial charge is 0.490 e. The fraction of sp³-hybridized carbons (Fsp3) is 0.516. The third kappa shape index (κ3) is 11.0. The van der Waals surface area contributed by atoms with Crippen LogP contribution in [0.25, 0.3) is 17.0 Å². The van der Waals surface area contributed by atoms with Gasteiger partial charge in [0.2, 0.25) is 5.06 Å². The Morgan fingerprint density at radius 2 is 1.72 bits per heavy atom. The van der Waals surface area contributed by atoms with Gasteiger partial charge in [0.25, 0.3) is 0 Å². The lowest BCUT2D eigenvalue weighted by Gasteiger charge is -2.22. The molecule has 0 aliphatic carbocycles. The summed E-state index contributed by atoms with van der Waals surface area (Å²) < 4.78 is 33.7. The van der Waals surface area contributed by atoms with Crippen LogP contribution in [0.2, 0.25) is 0 Å². The number of ether oxygens (including phenoxy) is 6. The first-order valence-electron chi connectivity index (χ1n) is 14.2. The molecule has 1 aliphatic rings. The minimum absolute atomic E-state index is 0.0210. The number of fused-ring (bicyclic) bond motifs is 2. The molecule has 1 aromatic carbocycles. The number of esters is 1. The minimum Gasteiger partial charge on any atom is -0.490 e. The van der Waals surface area contributed by atoms with Gasteiger partial charge in [-0.1, -0.05) is 32.1 Å². The van der Waals surface area contributed by atoms with E-state index in [1.54, 1.807) is 23.5 Å². The number of nitrogens with one attached hydrogen (secondary N) is 1. The Bertz CT molecular complexity index is 1400. The highest BCUT2D eigenvalue weighted by Crippen LogP contribution is 2.41. The molecule has 12 heteroatoms. The molecule has 1 aliphatic heterocycles. The molecule has 0 saturated heterocycles. The third-order valence-electron chi connectivity index (χ3n) is 5.62. The van der Waals surface area contributed by atoms with Crippen molar-refractivity contribution in [2.24, 2.45) is 0 Å². The molecule has 3 heterocycles. The van der Waals surface area contributed by atoms with Crippen LogP contribution in [0.15, 0.2) is 40.5 Å². The predicted octanol–water partition coefficient (Wildman–Crippen LogP) is 6.20. The van der Waals surface area contributed by atoms with Crippen molar-refractivity contribution < 1.29 is 33.2 Å². The summed E-state index contributed by atoms with van der Waals surface area (Å²) in [4.78, 5) is 21.6. The van der Waals surface area contributed by atoms with E-state index in [1.165, 1.54) is 11.3 Å². The van der Waals surface area contributed by atoms with E-state index in [9.17, 15) is 4.79 Å². The quantitative estimate of drug-likeness (QED) is 0.118. The molecule has 0 bridgehead atoms. The summed E-state index contributed by atoms with van der Waals surface area (Å²) in [5.74, 6) is 0.382. The zero-order chi connectivity index (χ0) is 30.9. The number of thiazole rings is 1. The van der Waals surface area contributed by atoms with Crippen LogP contribution in [-0.2, 0) is 23.7 Å². The van der Waals surface area contributed by atoms with Gasteiger partial charge in [-0.25, -0.2) is 9.78 Å². The van der Waals surface area contributed by atoms with E-state index in [2.05, 4.69) is 42.1 Å². The number of carbonyl (C=O) groups is 1. The summed E-state index contributed by atoms with van der Waals surface area (Å²) in [6.45, 7) is 14.7. The highest BCUT2D eigenvalue weighted by molar-refractivity contribution is 8.00. The number of nitrogens with zero attached hydrogens (tertiary/aromatic N) is 2. The van der Waals surface area contributed by atoms with Crippen molar-refractivity contribution in [3.05, 3.63) is 41.3 Å². The monoisotopic (exact) mass is 631 g/mol. The van der Waals surface area contributed by atoms with Gasteiger partial charge in [-0.3, -0.25) is 4.98 Å². The van der Waals surface area contributed by atoms with E-state index in [0.717, 1.165) is 43.7 Å². The standard InChI is InChI=1S/C31H41N3O7S2/c1-30(2,3)41-28(35)19-38-12-11-36-9-10-37-13-14-39-26-17-24-22(16-27(26)43-31(4,5)6)23(7-8-32-24)34-21-15-25-29(40-18-21)42-20-33-25/h7-8,15-17,20H,9-14,18-19H2,1-6H3,(H,32,34). The fourth-order valence-corrected chi connectivity index (χ4v) is 5.68. The van der Waals surface area contributed by atoms with Gasteiger partial charge < -0.3 is 33.7 Å². The number of pyridine rings is 1. The van der Waals surface area contributed by atoms with E-state index >= 15 is 0 Å². The molecule has 0 amide bonds. The van der Waals surface area contributed by atoms with Crippen LogP contribution in [0.4, 0.5) is 5.69 Å². The molecule has 0 fully saturated rings. The molecule has 234 valence electrons. The van der Waals surface area contributed by atoms with Crippen LogP contribution in [-0.4, -0.2) is 79.1 Å². The van der Waals surface area contributed by atoms with E-state index in [4.69, 9.17) is 28.4 Å². The molecular weight excluding hydrogens is 590 g/mol. The minimum atomic E-state index is -0.520. The number of benzene rings is 1. The zero-order valence-electron chi connectivity index (χ0n) is 25.7. The van der Waals surface area contributed by atoms with Crippen LogP contribution in [0, 0.1) is 0 Å². The first-order valence-corrected chi connectivity index (χ1v) is 15.9. The number of aromatic nitrogens is 2. The Morgan fingerprint density at radius 1 is 1.00 bits per heavy atom. The summed E-state index contributed by atoms with van der Waals surface area (Å²) in [5.41, 5.74) is 4.82. The molecule has 3 aromatic rings. The summed E-state index contributed by atoms with van der Waals surface area (Å²) in [6.07, 6.45) is 3.81. The second-order valence-electron chi connectivity index (χ2n) is 11.7. The lowest BCUT2D eigenvalue weighted by molar-refractivity contribution is -0.160. The molecule has 0 saturated carbocycles. The second-order valence-corrected chi connectivity index (χ2v) is 14.4. The van der Waals surface area contributed by atoms with Gasteiger partial charge >= 0.3 is 5.97 Å². The van der Waals surface area contributed by atoms with Crippen molar-refractivity contribution in [2.45, 2.75) is 56.8 Å². The van der Waals surface area contributed by atoms with Gasteiger partial charge in [-0.2, -0.15) is 0 Å². The van der Waals surface area contributed by atoms with Crippen molar-refractivity contribution in [1.82, 2.24) is 9.97 Å². The van der Waals surface area contributed by atoms with Crippen molar-refractivity contribution in [3.8, 4) is 10.8 Å². The van der Waals surface area contributed by atoms with E-state index in [-0.39, 0.29) is 17.3 Å². The van der Waals surface area contributed by atoms with Crippen LogP contribution >= 0.6 is 23.1 Å². The van der Waals surface area contributed by atoms with Crippen molar-refractivity contribution in [2.75, 3.05) is 58.2 Å². The molecule has 0 spiro atoms. The van der Waals surface area contributed by atoms with Crippen LogP contribution in [0.3, 0.4) is 0 Å². The topological polar surface area (TPSA) is 110 Å². The van der Waals surface area contributed by atoms with Gasteiger partial charge in [-0.05, 0) is 39.0 Å². The van der Waals surface area contributed by atoms with Gasteiger partial charge in [0, 0.05) is 28.1 Å². The van der Waals surface area contributed by atoms with Crippen LogP contribution in [0.5, 0.6) is 10.8 Å². The maximum Gasteiger partial charge on any atom is 0.332 e. The Kier molecular flexibility index (Phi) is 11.7. The average molecular weight is 632 g/mol. The van der Waals surface area contributed by atoms with Gasteiger partial charge in [0.05, 0.1) is 54.7 Å². The molecule has 0 radical (unpaired) electrons. The number of rotatable bonds is 15. The second kappa shape index (κ2) is 15.2. The van der Waals surface area contributed by atoms with Crippen LogP contribution < -0.4 is 14.8 Å². The summed E-state index contributed by atoms with van der Waals surface area (Å²) in [6, 6.07) is 6.09. The van der Waals surface area contributed by atoms with Crippen molar-refractivity contribution in [1.29, 1.82) is 0 Å². The lowest BCUT2D eigenvalue weighted by atomic mass is 10.1. The van der Waals surface area contributed by atoms with E-state index < -0.39 is 5.60 Å². The highest BCUT2D eigenvalue weighted by Gasteiger charge is 2.20. The Labute approximate surface area is 261 Å². The zero-order valence-corrected chi connectivity index (χ0v) is 27.3. The van der Waals surface area contributed by atoms with Crippen molar-refractivity contribution >= 4 is 51.7 Å².